The Kier molecular flexibility index (Phi) is 6.90. The standard InChI is InChI=1S/C28H29NO3/c1-3-32-25-15-13-24(14-16-25)29-20-23(12-9-21-7-5-4-6-8-21)26-19-22(10-17-27(26)29)11-18-28(30)31-2/h4-8,10,13-17,19-20H,3,9,11-12,18H2,1-2H3. The molecule has 32 heavy (non-hydrogen) atoms. The number of nitrogens with zero attached hydrogens (tertiary/aromatic N) is 1. The van der Waals surface area contributed by atoms with E-state index < -0.39 is 0 Å². The maximum atomic E-state index is 11.6. The molecule has 1 heterocycles. The zero-order chi connectivity index (χ0) is 22.3. The highest BCUT2D eigenvalue weighted by Gasteiger charge is 2.12. The van der Waals surface area contributed by atoms with Crippen LogP contribution < -0.4 is 4.74 Å². The number of rotatable bonds is 9. The minimum Gasteiger partial charge on any atom is -0.494 e. The lowest BCUT2D eigenvalue weighted by molar-refractivity contribution is -0.140. The van der Waals surface area contributed by atoms with Gasteiger partial charge in [-0.1, -0.05) is 36.4 Å². The number of benzene rings is 3. The summed E-state index contributed by atoms with van der Waals surface area (Å²) in [7, 11) is 1.43. The van der Waals surface area contributed by atoms with Crippen molar-refractivity contribution in [2.45, 2.75) is 32.6 Å². The normalized spacial score (nSPS) is 10.9. The second-order valence-electron chi connectivity index (χ2n) is 7.86. The van der Waals surface area contributed by atoms with Gasteiger partial charge in [-0.15, -0.1) is 0 Å². The fraction of sp³-hybridized carbons (Fsp3) is 0.250. The molecule has 4 aromatic rings. The maximum Gasteiger partial charge on any atom is 0.305 e. The predicted octanol–water partition coefficient (Wildman–Crippen LogP) is 5.92. The van der Waals surface area contributed by atoms with Crippen molar-refractivity contribution >= 4 is 16.9 Å². The first-order valence-electron chi connectivity index (χ1n) is 11.1. The van der Waals surface area contributed by atoms with Gasteiger partial charge in [0.2, 0.25) is 0 Å². The summed E-state index contributed by atoms with van der Waals surface area (Å²) in [5.74, 6) is 0.698. The van der Waals surface area contributed by atoms with Crippen molar-refractivity contribution in [3.8, 4) is 11.4 Å². The molecule has 0 unspecified atom stereocenters. The minimum atomic E-state index is -0.179. The number of carbonyl (C=O) groups is 1. The molecule has 4 rings (SSSR count). The van der Waals surface area contributed by atoms with Crippen molar-refractivity contribution < 1.29 is 14.3 Å². The number of hydrogen-bond acceptors (Lipinski definition) is 3. The third-order valence-electron chi connectivity index (χ3n) is 5.75. The molecule has 0 atom stereocenters. The molecular weight excluding hydrogens is 398 g/mol. The highest BCUT2D eigenvalue weighted by atomic mass is 16.5. The first-order valence-corrected chi connectivity index (χ1v) is 11.1. The highest BCUT2D eigenvalue weighted by molar-refractivity contribution is 5.86. The molecule has 0 aliphatic carbocycles. The van der Waals surface area contributed by atoms with E-state index in [1.807, 2.05) is 19.1 Å². The molecule has 0 saturated carbocycles. The Morgan fingerprint density at radius 2 is 1.66 bits per heavy atom. The number of aromatic nitrogens is 1. The Morgan fingerprint density at radius 1 is 0.875 bits per heavy atom. The fourth-order valence-electron chi connectivity index (χ4n) is 4.06. The molecule has 0 spiro atoms. The van der Waals surface area contributed by atoms with Gasteiger partial charge in [0.25, 0.3) is 0 Å². The van der Waals surface area contributed by atoms with Crippen molar-refractivity contribution in [2.24, 2.45) is 0 Å². The first kappa shape index (κ1) is 21.7. The van der Waals surface area contributed by atoms with Crippen LogP contribution in [0.2, 0.25) is 0 Å². The number of ether oxygens (including phenoxy) is 2. The Balaban J connectivity index is 1.68. The molecule has 0 aliphatic heterocycles. The van der Waals surface area contributed by atoms with E-state index in [2.05, 4.69) is 71.4 Å². The topological polar surface area (TPSA) is 40.5 Å². The molecule has 0 fully saturated rings. The maximum absolute atomic E-state index is 11.6. The summed E-state index contributed by atoms with van der Waals surface area (Å²) in [5, 5.41) is 1.23. The van der Waals surface area contributed by atoms with Gasteiger partial charge in [-0.25, -0.2) is 0 Å². The van der Waals surface area contributed by atoms with E-state index in [9.17, 15) is 4.79 Å². The zero-order valence-electron chi connectivity index (χ0n) is 18.7. The van der Waals surface area contributed by atoms with Gasteiger partial charge >= 0.3 is 5.97 Å². The molecule has 0 aliphatic rings. The van der Waals surface area contributed by atoms with Crippen molar-refractivity contribution in [2.75, 3.05) is 13.7 Å². The molecule has 3 aromatic carbocycles. The average molecular weight is 428 g/mol. The highest BCUT2D eigenvalue weighted by Crippen LogP contribution is 2.28. The molecule has 164 valence electrons. The second kappa shape index (κ2) is 10.2. The van der Waals surface area contributed by atoms with E-state index in [0.29, 0.717) is 19.4 Å². The van der Waals surface area contributed by atoms with Gasteiger partial charge in [-0.2, -0.15) is 0 Å². The first-order chi connectivity index (χ1) is 15.7. The van der Waals surface area contributed by atoms with E-state index in [4.69, 9.17) is 9.47 Å². The van der Waals surface area contributed by atoms with E-state index in [-0.39, 0.29) is 5.97 Å². The second-order valence-corrected chi connectivity index (χ2v) is 7.86. The molecule has 0 N–H and O–H groups in total. The Hall–Kier alpha value is -3.53. The van der Waals surface area contributed by atoms with Gasteiger partial charge in [0.15, 0.2) is 0 Å². The Morgan fingerprint density at radius 3 is 2.38 bits per heavy atom. The van der Waals surface area contributed by atoms with Gasteiger partial charge in [-0.05, 0) is 79.3 Å². The number of fused-ring (bicyclic) bond motifs is 1. The van der Waals surface area contributed by atoms with E-state index in [0.717, 1.165) is 29.8 Å². The van der Waals surface area contributed by atoms with Gasteiger partial charge < -0.3 is 14.0 Å². The van der Waals surface area contributed by atoms with Crippen LogP contribution in [0.15, 0.2) is 79.0 Å². The molecule has 4 nitrogen and oxygen atoms in total. The van der Waals surface area contributed by atoms with Crippen molar-refractivity contribution in [1.29, 1.82) is 0 Å². The SMILES string of the molecule is CCOc1ccc(-n2cc(CCc3ccccc3)c3cc(CCC(=O)OC)ccc32)cc1. The van der Waals surface area contributed by atoms with E-state index >= 15 is 0 Å². The lowest BCUT2D eigenvalue weighted by Gasteiger charge is -2.08. The van der Waals surface area contributed by atoms with Gasteiger partial charge in [0, 0.05) is 23.7 Å². The van der Waals surface area contributed by atoms with Crippen LogP contribution in [0.5, 0.6) is 5.75 Å². The summed E-state index contributed by atoms with van der Waals surface area (Å²) in [6.07, 6.45) is 5.24. The van der Waals surface area contributed by atoms with Crippen molar-refractivity contribution in [3.63, 3.8) is 0 Å². The van der Waals surface area contributed by atoms with E-state index in [1.54, 1.807) is 0 Å². The van der Waals surface area contributed by atoms with Crippen LogP contribution >= 0.6 is 0 Å². The predicted molar refractivity (Wildman–Crippen MR) is 129 cm³/mol. The third kappa shape index (κ3) is 5.02. The summed E-state index contributed by atoms with van der Waals surface area (Å²) in [4.78, 5) is 11.6. The number of aryl methyl sites for hydroxylation is 3. The van der Waals surface area contributed by atoms with Crippen LogP contribution in [0.4, 0.5) is 0 Å². The third-order valence-corrected chi connectivity index (χ3v) is 5.75. The number of methoxy groups -OCH3 is 1. The quantitative estimate of drug-likeness (QED) is 0.311. The number of esters is 1. The molecular formula is C28H29NO3. The number of carbonyl (C=O) groups excluding carboxylic acids is 1. The van der Waals surface area contributed by atoms with Crippen LogP contribution in [-0.4, -0.2) is 24.3 Å². The lowest BCUT2D eigenvalue weighted by atomic mass is 10.0. The molecule has 0 radical (unpaired) electrons. The van der Waals surface area contributed by atoms with Crippen molar-refractivity contribution in [3.05, 3.63) is 95.7 Å². The summed E-state index contributed by atoms with van der Waals surface area (Å²) >= 11 is 0. The molecule has 0 saturated heterocycles. The molecule has 0 bridgehead atoms. The van der Waals surface area contributed by atoms with Crippen LogP contribution in [-0.2, 0) is 28.8 Å². The van der Waals surface area contributed by atoms with Gasteiger partial charge in [0.1, 0.15) is 5.75 Å². The smallest absolute Gasteiger partial charge is 0.305 e. The summed E-state index contributed by atoms with van der Waals surface area (Å²) in [6, 6.07) is 25.3. The number of hydrogen-bond donors (Lipinski definition) is 0. The van der Waals surface area contributed by atoms with Gasteiger partial charge in [-0.3, -0.25) is 4.79 Å². The van der Waals surface area contributed by atoms with Crippen LogP contribution in [0.3, 0.4) is 0 Å². The summed E-state index contributed by atoms with van der Waals surface area (Å²) in [6.45, 7) is 2.65. The monoisotopic (exact) mass is 427 g/mol. The Bertz CT molecular complexity index is 1180. The van der Waals surface area contributed by atoms with E-state index in [1.165, 1.54) is 29.1 Å². The molecule has 0 amide bonds. The van der Waals surface area contributed by atoms with Gasteiger partial charge in [0.05, 0.1) is 19.2 Å². The molecule has 1 aromatic heterocycles. The van der Waals surface area contributed by atoms with Crippen LogP contribution in [0, 0.1) is 0 Å². The largest absolute Gasteiger partial charge is 0.494 e. The van der Waals surface area contributed by atoms with Crippen molar-refractivity contribution in [1.82, 2.24) is 4.57 Å². The minimum absolute atomic E-state index is 0.179. The summed E-state index contributed by atoms with van der Waals surface area (Å²) < 4.78 is 12.7. The van der Waals surface area contributed by atoms with Crippen LogP contribution in [0.25, 0.3) is 16.6 Å². The Labute approximate surface area is 189 Å². The lowest BCUT2D eigenvalue weighted by Crippen LogP contribution is -2.01. The fourth-order valence-corrected chi connectivity index (χ4v) is 4.06. The zero-order valence-corrected chi connectivity index (χ0v) is 18.7. The average Bonchev–Trinajstić information content (AvgIpc) is 3.20. The molecule has 4 heteroatoms. The summed E-state index contributed by atoms with van der Waals surface area (Å²) in [5.41, 5.74) is 6.05. The van der Waals surface area contributed by atoms with Crippen LogP contribution in [0.1, 0.15) is 30.0 Å².